The zero-order chi connectivity index (χ0) is 28.3. The van der Waals surface area contributed by atoms with E-state index in [4.69, 9.17) is 4.74 Å². The molecule has 4 aromatic carbocycles. The first kappa shape index (κ1) is 28.6. The molecule has 2 N–H and O–H groups in total. The van der Waals surface area contributed by atoms with Crippen molar-refractivity contribution in [1.82, 2.24) is 0 Å². The maximum atomic E-state index is 13.4. The molecule has 0 fully saturated rings. The van der Waals surface area contributed by atoms with Crippen molar-refractivity contribution in [2.45, 2.75) is 36.8 Å². The van der Waals surface area contributed by atoms with Gasteiger partial charge in [0.25, 0.3) is 5.91 Å². The monoisotopic (exact) mass is 552 g/mol. The topological polar surface area (TPSA) is 84.5 Å². The van der Waals surface area contributed by atoms with Gasteiger partial charge in [-0.1, -0.05) is 61.4 Å². The van der Waals surface area contributed by atoms with Crippen molar-refractivity contribution in [3.63, 3.8) is 0 Å². The number of esters is 1. The normalized spacial score (nSPS) is 11.3. The number of benzene rings is 4. The maximum absolute atomic E-state index is 13.4. The molecule has 6 nitrogen and oxygen atoms in total. The van der Waals surface area contributed by atoms with Crippen LogP contribution < -0.4 is 10.6 Å². The quantitative estimate of drug-likeness (QED) is 0.113. The molecule has 0 aliphatic heterocycles. The lowest BCUT2D eigenvalue weighted by atomic mass is 10.1. The van der Waals surface area contributed by atoms with E-state index >= 15 is 0 Å². The summed E-state index contributed by atoms with van der Waals surface area (Å²) < 4.78 is 5.26. The van der Waals surface area contributed by atoms with Crippen LogP contribution in [0.4, 0.5) is 11.4 Å². The van der Waals surface area contributed by atoms with Crippen molar-refractivity contribution >= 4 is 40.9 Å². The molecule has 0 saturated carbocycles. The molecule has 0 heterocycles. The number of rotatable bonds is 11. The number of anilines is 2. The van der Waals surface area contributed by atoms with Crippen LogP contribution in [0.1, 0.15) is 56.9 Å². The van der Waals surface area contributed by atoms with Crippen LogP contribution in [-0.2, 0) is 9.53 Å². The number of ether oxygens (including phenoxy) is 1. The van der Waals surface area contributed by atoms with Crippen LogP contribution >= 0.6 is 11.8 Å². The average molecular weight is 553 g/mol. The van der Waals surface area contributed by atoms with Gasteiger partial charge in [0.2, 0.25) is 5.91 Å². The minimum Gasteiger partial charge on any atom is -0.462 e. The van der Waals surface area contributed by atoms with Crippen LogP contribution in [0.25, 0.3) is 0 Å². The number of thioether (sulfide) groups is 1. The first-order chi connectivity index (χ1) is 19.4. The van der Waals surface area contributed by atoms with E-state index < -0.39 is 5.25 Å². The molecule has 0 aliphatic carbocycles. The standard InChI is InChI=1S/C33H32N2O4S/c1-3-4-22-39-33(38)26-14-16-27(17-15-26)35-32(37)30(24-8-6-5-7-9-24)40-29-20-18-28(19-21-29)34-31(36)25-12-10-23(2)11-13-25/h5-21,30H,3-4,22H2,1-2H3,(H,34,36)(H,35,37). The fourth-order valence-corrected chi connectivity index (χ4v) is 4.88. The largest absolute Gasteiger partial charge is 0.462 e. The summed E-state index contributed by atoms with van der Waals surface area (Å²) in [6.07, 6.45) is 1.77. The number of hydrogen-bond donors (Lipinski definition) is 2. The zero-order valence-electron chi connectivity index (χ0n) is 22.6. The Labute approximate surface area is 239 Å². The Balaban J connectivity index is 1.42. The molecule has 4 rings (SSSR count). The third-order valence-electron chi connectivity index (χ3n) is 6.14. The van der Waals surface area contributed by atoms with Gasteiger partial charge in [-0.2, -0.15) is 0 Å². The van der Waals surface area contributed by atoms with Gasteiger partial charge in [0.05, 0.1) is 12.2 Å². The summed E-state index contributed by atoms with van der Waals surface area (Å²) in [6.45, 7) is 4.41. The van der Waals surface area contributed by atoms with Gasteiger partial charge in [-0.25, -0.2) is 4.79 Å². The van der Waals surface area contributed by atoms with E-state index in [0.29, 0.717) is 29.1 Å². The van der Waals surface area contributed by atoms with E-state index in [9.17, 15) is 14.4 Å². The third-order valence-corrected chi connectivity index (χ3v) is 7.41. The van der Waals surface area contributed by atoms with Crippen molar-refractivity contribution < 1.29 is 19.1 Å². The minimum atomic E-state index is -0.520. The Kier molecular flexibility index (Phi) is 10.1. The Morgan fingerprint density at radius 1 is 0.750 bits per heavy atom. The van der Waals surface area contributed by atoms with E-state index in [1.165, 1.54) is 11.8 Å². The summed E-state index contributed by atoms with van der Waals surface area (Å²) in [5.74, 6) is -0.740. The summed E-state index contributed by atoms with van der Waals surface area (Å²) in [5, 5.41) is 5.36. The number of hydrogen-bond acceptors (Lipinski definition) is 5. The number of carbonyl (C=O) groups excluding carboxylic acids is 3. The van der Waals surface area contributed by atoms with Crippen molar-refractivity contribution in [2.24, 2.45) is 0 Å². The smallest absolute Gasteiger partial charge is 0.338 e. The molecule has 0 saturated heterocycles. The van der Waals surface area contributed by atoms with Gasteiger partial charge in [-0.05, 0) is 79.6 Å². The third kappa shape index (κ3) is 8.07. The van der Waals surface area contributed by atoms with Crippen molar-refractivity contribution in [2.75, 3.05) is 17.2 Å². The first-order valence-corrected chi connectivity index (χ1v) is 14.1. The maximum Gasteiger partial charge on any atom is 0.338 e. The van der Waals surface area contributed by atoms with Gasteiger partial charge in [-0.15, -0.1) is 11.8 Å². The van der Waals surface area contributed by atoms with E-state index in [-0.39, 0.29) is 17.8 Å². The van der Waals surface area contributed by atoms with Crippen LogP contribution in [-0.4, -0.2) is 24.4 Å². The summed E-state index contributed by atoms with van der Waals surface area (Å²) in [7, 11) is 0. The zero-order valence-corrected chi connectivity index (χ0v) is 23.4. The van der Waals surface area contributed by atoms with Gasteiger partial charge >= 0.3 is 5.97 Å². The molecule has 40 heavy (non-hydrogen) atoms. The predicted molar refractivity (Wildman–Crippen MR) is 161 cm³/mol. The minimum absolute atomic E-state index is 0.179. The first-order valence-electron chi connectivity index (χ1n) is 13.2. The highest BCUT2D eigenvalue weighted by Crippen LogP contribution is 2.36. The Morgan fingerprint density at radius 3 is 2.00 bits per heavy atom. The van der Waals surface area contributed by atoms with Crippen molar-refractivity contribution in [3.8, 4) is 0 Å². The highest BCUT2D eigenvalue weighted by Gasteiger charge is 2.22. The lowest BCUT2D eigenvalue weighted by Crippen LogP contribution is -2.19. The molecule has 1 unspecified atom stereocenters. The molecule has 2 amide bonds. The fourth-order valence-electron chi connectivity index (χ4n) is 3.85. The summed E-state index contributed by atoms with van der Waals surface area (Å²) in [5.41, 5.74) is 4.24. The molecule has 7 heteroatoms. The molecule has 0 bridgehead atoms. The summed E-state index contributed by atoms with van der Waals surface area (Å²) in [6, 6.07) is 31.1. The molecule has 204 valence electrons. The molecular formula is C33H32N2O4S. The van der Waals surface area contributed by atoms with E-state index in [0.717, 1.165) is 28.9 Å². The van der Waals surface area contributed by atoms with Gasteiger partial charge in [0.1, 0.15) is 5.25 Å². The Hall–Kier alpha value is -4.36. The second kappa shape index (κ2) is 14.1. The number of unbranched alkanes of at least 4 members (excludes halogenated alkanes) is 1. The molecule has 0 aromatic heterocycles. The molecule has 0 spiro atoms. The highest BCUT2D eigenvalue weighted by molar-refractivity contribution is 8.00. The predicted octanol–water partition coefficient (Wildman–Crippen LogP) is 7.68. The van der Waals surface area contributed by atoms with Gasteiger partial charge in [0.15, 0.2) is 0 Å². The van der Waals surface area contributed by atoms with Crippen LogP contribution in [0.2, 0.25) is 0 Å². The Bertz CT molecular complexity index is 1420. The van der Waals surface area contributed by atoms with Gasteiger partial charge in [0, 0.05) is 21.8 Å². The summed E-state index contributed by atoms with van der Waals surface area (Å²) >= 11 is 1.42. The molecule has 0 radical (unpaired) electrons. The van der Waals surface area contributed by atoms with Crippen LogP contribution in [0.15, 0.2) is 108 Å². The number of carbonyl (C=O) groups is 3. The Morgan fingerprint density at radius 2 is 1.35 bits per heavy atom. The lowest BCUT2D eigenvalue weighted by Gasteiger charge is -2.17. The SMILES string of the molecule is CCCCOC(=O)c1ccc(NC(=O)C(Sc2ccc(NC(=O)c3ccc(C)cc3)cc2)c2ccccc2)cc1. The second-order valence-electron chi connectivity index (χ2n) is 9.31. The van der Waals surface area contributed by atoms with E-state index in [1.54, 1.807) is 36.4 Å². The summed E-state index contributed by atoms with van der Waals surface area (Å²) in [4.78, 5) is 39.0. The van der Waals surface area contributed by atoms with Gasteiger partial charge in [-0.3, -0.25) is 9.59 Å². The van der Waals surface area contributed by atoms with Crippen molar-refractivity contribution in [3.05, 3.63) is 125 Å². The number of aryl methyl sites for hydroxylation is 1. The van der Waals surface area contributed by atoms with E-state index in [1.807, 2.05) is 80.6 Å². The van der Waals surface area contributed by atoms with E-state index in [2.05, 4.69) is 10.6 Å². The average Bonchev–Trinajstić information content (AvgIpc) is 2.98. The number of nitrogens with one attached hydrogen (secondary N) is 2. The molecular weight excluding hydrogens is 520 g/mol. The molecule has 4 aromatic rings. The fraction of sp³-hybridized carbons (Fsp3) is 0.182. The van der Waals surface area contributed by atoms with Crippen molar-refractivity contribution in [1.29, 1.82) is 0 Å². The van der Waals surface area contributed by atoms with Crippen LogP contribution in [0.3, 0.4) is 0 Å². The van der Waals surface area contributed by atoms with Gasteiger partial charge < -0.3 is 15.4 Å². The lowest BCUT2D eigenvalue weighted by molar-refractivity contribution is -0.115. The van der Waals surface area contributed by atoms with Crippen LogP contribution in [0.5, 0.6) is 0 Å². The highest BCUT2D eigenvalue weighted by atomic mass is 32.2. The molecule has 1 atom stereocenters. The second-order valence-corrected chi connectivity index (χ2v) is 10.5. The molecule has 0 aliphatic rings. The van der Waals surface area contributed by atoms with Crippen LogP contribution in [0, 0.1) is 6.92 Å². The number of amides is 2.